The van der Waals surface area contributed by atoms with Gasteiger partial charge >= 0.3 is 0 Å². The zero-order chi connectivity index (χ0) is 12.3. The Bertz CT molecular complexity index is 384. The standard InChI is InChI=1S/C13H19BrN2O/c1-3-12-10(4-5-17-12)7-15-13-6-9(2)11(14)8-16-13/h6,8,10,12H,3-5,7H2,1-2H3,(H,15,16). The van der Waals surface area contributed by atoms with Crippen molar-refractivity contribution >= 4 is 21.7 Å². The summed E-state index contributed by atoms with van der Waals surface area (Å²) < 4.78 is 6.73. The lowest BCUT2D eigenvalue weighted by Crippen LogP contribution is -2.23. The molecule has 0 radical (unpaired) electrons. The van der Waals surface area contributed by atoms with Crippen molar-refractivity contribution in [2.75, 3.05) is 18.5 Å². The molecule has 0 bridgehead atoms. The van der Waals surface area contributed by atoms with Gasteiger partial charge in [0.05, 0.1) is 6.10 Å². The van der Waals surface area contributed by atoms with Crippen molar-refractivity contribution in [3.05, 3.63) is 22.3 Å². The third-order valence-corrected chi connectivity index (χ3v) is 4.17. The van der Waals surface area contributed by atoms with E-state index in [1.165, 1.54) is 5.56 Å². The maximum atomic E-state index is 5.68. The number of aromatic nitrogens is 1. The van der Waals surface area contributed by atoms with Crippen LogP contribution in [0.2, 0.25) is 0 Å². The Hall–Kier alpha value is -0.610. The third-order valence-electron chi connectivity index (χ3n) is 3.34. The highest BCUT2D eigenvalue weighted by molar-refractivity contribution is 9.10. The van der Waals surface area contributed by atoms with E-state index >= 15 is 0 Å². The summed E-state index contributed by atoms with van der Waals surface area (Å²) in [6.45, 7) is 6.11. The predicted molar refractivity (Wildman–Crippen MR) is 73.3 cm³/mol. The van der Waals surface area contributed by atoms with Crippen LogP contribution in [0, 0.1) is 12.8 Å². The van der Waals surface area contributed by atoms with Gasteiger partial charge in [-0.3, -0.25) is 0 Å². The van der Waals surface area contributed by atoms with Gasteiger partial charge in [0, 0.05) is 29.7 Å². The highest BCUT2D eigenvalue weighted by atomic mass is 79.9. The summed E-state index contributed by atoms with van der Waals surface area (Å²) in [6, 6.07) is 2.07. The van der Waals surface area contributed by atoms with Crippen molar-refractivity contribution in [3.8, 4) is 0 Å². The molecule has 2 unspecified atom stereocenters. The number of anilines is 1. The monoisotopic (exact) mass is 298 g/mol. The molecule has 17 heavy (non-hydrogen) atoms. The van der Waals surface area contributed by atoms with Crippen LogP contribution in [0.5, 0.6) is 0 Å². The van der Waals surface area contributed by atoms with Crippen molar-refractivity contribution in [1.82, 2.24) is 4.98 Å². The molecular formula is C13H19BrN2O. The summed E-state index contributed by atoms with van der Waals surface area (Å²) in [6.07, 6.45) is 4.51. The molecule has 2 atom stereocenters. The van der Waals surface area contributed by atoms with Crippen LogP contribution in [0.3, 0.4) is 0 Å². The Labute approximate surface area is 111 Å². The Morgan fingerprint density at radius 2 is 2.41 bits per heavy atom. The fraction of sp³-hybridized carbons (Fsp3) is 0.615. The maximum absolute atomic E-state index is 5.68. The van der Waals surface area contributed by atoms with Gasteiger partial charge in [-0.05, 0) is 47.3 Å². The third kappa shape index (κ3) is 3.19. The van der Waals surface area contributed by atoms with Crippen LogP contribution >= 0.6 is 15.9 Å². The molecule has 3 nitrogen and oxygen atoms in total. The van der Waals surface area contributed by atoms with Gasteiger partial charge < -0.3 is 10.1 Å². The van der Waals surface area contributed by atoms with E-state index in [1.54, 1.807) is 0 Å². The molecule has 1 N–H and O–H groups in total. The second-order valence-electron chi connectivity index (χ2n) is 4.57. The number of hydrogen-bond donors (Lipinski definition) is 1. The highest BCUT2D eigenvalue weighted by Crippen LogP contribution is 2.24. The fourth-order valence-electron chi connectivity index (χ4n) is 2.25. The highest BCUT2D eigenvalue weighted by Gasteiger charge is 2.26. The lowest BCUT2D eigenvalue weighted by molar-refractivity contribution is 0.0900. The molecule has 0 aliphatic carbocycles. The van der Waals surface area contributed by atoms with Crippen LogP contribution in [0.1, 0.15) is 25.3 Å². The normalized spacial score (nSPS) is 23.9. The summed E-state index contributed by atoms with van der Waals surface area (Å²) in [5.74, 6) is 1.57. The lowest BCUT2D eigenvalue weighted by Gasteiger charge is -2.17. The van der Waals surface area contributed by atoms with Crippen LogP contribution < -0.4 is 5.32 Å². The van der Waals surface area contributed by atoms with Gasteiger partial charge in [-0.15, -0.1) is 0 Å². The second kappa shape index (κ2) is 5.83. The maximum Gasteiger partial charge on any atom is 0.126 e. The molecule has 1 saturated heterocycles. The minimum absolute atomic E-state index is 0.416. The SMILES string of the molecule is CCC1OCCC1CNc1cc(C)c(Br)cn1. The summed E-state index contributed by atoms with van der Waals surface area (Å²) >= 11 is 3.46. The van der Waals surface area contributed by atoms with Crippen molar-refractivity contribution in [1.29, 1.82) is 0 Å². The first-order chi connectivity index (χ1) is 8.20. The van der Waals surface area contributed by atoms with Gasteiger partial charge in [0.15, 0.2) is 0 Å². The quantitative estimate of drug-likeness (QED) is 0.925. The molecule has 1 aliphatic heterocycles. The summed E-state index contributed by atoms with van der Waals surface area (Å²) in [4.78, 5) is 4.35. The number of nitrogens with one attached hydrogen (secondary N) is 1. The molecule has 2 heterocycles. The molecule has 1 aliphatic rings. The number of rotatable bonds is 4. The zero-order valence-electron chi connectivity index (χ0n) is 10.4. The average Bonchev–Trinajstić information content (AvgIpc) is 2.78. The van der Waals surface area contributed by atoms with Gasteiger partial charge in [0.25, 0.3) is 0 Å². The van der Waals surface area contributed by atoms with Crippen molar-refractivity contribution < 1.29 is 4.74 Å². The van der Waals surface area contributed by atoms with Gasteiger partial charge in [0.1, 0.15) is 5.82 Å². The van der Waals surface area contributed by atoms with E-state index in [-0.39, 0.29) is 0 Å². The van der Waals surface area contributed by atoms with E-state index in [0.29, 0.717) is 12.0 Å². The Morgan fingerprint density at radius 3 is 3.12 bits per heavy atom. The van der Waals surface area contributed by atoms with Gasteiger partial charge in [-0.1, -0.05) is 6.92 Å². The zero-order valence-corrected chi connectivity index (χ0v) is 12.0. The van der Waals surface area contributed by atoms with Crippen LogP contribution in [0.4, 0.5) is 5.82 Å². The van der Waals surface area contributed by atoms with E-state index in [2.05, 4.69) is 46.1 Å². The van der Waals surface area contributed by atoms with Crippen molar-refractivity contribution in [3.63, 3.8) is 0 Å². The summed E-state index contributed by atoms with van der Waals surface area (Å²) in [5.41, 5.74) is 1.21. The summed E-state index contributed by atoms with van der Waals surface area (Å²) in [7, 11) is 0. The molecule has 2 rings (SSSR count). The van der Waals surface area contributed by atoms with Crippen LogP contribution in [-0.2, 0) is 4.74 Å². The molecular weight excluding hydrogens is 280 g/mol. The smallest absolute Gasteiger partial charge is 0.126 e. The second-order valence-corrected chi connectivity index (χ2v) is 5.42. The molecule has 1 aromatic rings. The molecule has 94 valence electrons. The molecule has 0 saturated carbocycles. The number of ether oxygens (including phenoxy) is 1. The topological polar surface area (TPSA) is 34.1 Å². The van der Waals surface area contributed by atoms with E-state index in [1.807, 2.05) is 6.20 Å². The molecule has 1 aromatic heterocycles. The fourth-order valence-corrected chi connectivity index (χ4v) is 2.47. The van der Waals surface area contributed by atoms with Gasteiger partial charge in [-0.2, -0.15) is 0 Å². The van der Waals surface area contributed by atoms with E-state index in [9.17, 15) is 0 Å². The lowest BCUT2D eigenvalue weighted by atomic mass is 10.00. The largest absolute Gasteiger partial charge is 0.378 e. The number of hydrogen-bond acceptors (Lipinski definition) is 3. The average molecular weight is 299 g/mol. The Kier molecular flexibility index (Phi) is 4.40. The van der Waals surface area contributed by atoms with Crippen molar-refractivity contribution in [2.45, 2.75) is 32.8 Å². The van der Waals surface area contributed by atoms with Crippen LogP contribution in [0.25, 0.3) is 0 Å². The summed E-state index contributed by atoms with van der Waals surface area (Å²) in [5, 5.41) is 3.41. The number of halogens is 1. The number of pyridine rings is 1. The Morgan fingerprint density at radius 1 is 1.59 bits per heavy atom. The molecule has 0 spiro atoms. The van der Waals surface area contributed by atoms with E-state index in [4.69, 9.17) is 4.74 Å². The van der Waals surface area contributed by atoms with Gasteiger partial charge in [0.2, 0.25) is 0 Å². The minimum atomic E-state index is 0.416. The van der Waals surface area contributed by atoms with E-state index in [0.717, 1.165) is 36.3 Å². The first-order valence-electron chi connectivity index (χ1n) is 6.18. The predicted octanol–water partition coefficient (Wildman–Crippen LogP) is 3.38. The molecule has 1 fully saturated rings. The Balaban J connectivity index is 1.91. The molecule has 0 amide bonds. The van der Waals surface area contributed by atoms with Crippen LogP contribution in [-0.4, -0.2) is 24.2 Å². The number of nitrogens with zero attached hydrogens (tertiary/aromatic N) is 1. The first kappa shape index (κ1) is 12.8. The van der Waals surface area contributed by atoms with Gasteiger partial charge in [-0.25, -0.2) is 4.98 Å². The molecule has 4 heteroatoms. The number of aryl methyl sites for hydroxylation is 1. The van der Waals surface area contributed by atoms with Crippen molar-refractivity contribution in [2.24, 2.45) is 5.92 Å². The van der Waals surface area contributed by atoms with E-state index < -0.39 is 0 Å². The first-order valence-corrected chi connectivity index (χ1v) is 6.97. The molecule has 0 aromatic carbocycles. The minimum Gasteiger partial charge on any atom is -0.378 e. The van der Waals surface area contributed by atoms with Crippen LogP contribution in [0.15, 0.2) is 16.7 Å².